The Labute approximate surface area is 159 Å². The van der Waals surface area contributed by atoms with Crippen LogP contribution in [0.3, 0.4) is 0 Å². The van der Waals surface area contributed by atoms with E-state index in [0.29, 0.717) is 22.9 Å². The maximum Gasteiger partial charge on any atom is 0.341 e. The minimum absolute atomic E-state index is 0.0840. The number of carboxylic acids is 1. The summed E-state index contributed by atoms with van der Waals surface area (Å²) in [5, 5.41) is 14.3. The fourth-order valence-electron chi connectivity index (χ4n) is 3.08. The Morgan fingerprint density at radius 3 is 2.81 bits per heavy atom. The van der Waals surface area contributed by atoms with Gasteiger partial charge in [-0.15, -0.1) is 0 Å². The highest BCUT2D eigenvalue weighted by Crippen LogP contribution is 2.29. The third-order valence-electron chi connectivity index (χ3n) is 4.47. The van der Waals surface area contributed by atoms with E-state index in [1.807, 2.05) is 18.2 Å². The first-order chi connectivity index (χ1) is 13.0. The van der Waals surface area contributed by atoms with Gasteiger partial charge < -0.3 is 9.84 Å². The summed E-state index contributed by atoms with van der Waals surface area (Å²) in [7, 11) is 0. The fourth-order valence-corrected chi connectivity index (χ4v) is 3.27. The van der Waals surface area contributed by atoms with Crippen molar-refractivity contribution in [1.29, 1.82) is 0 Å². The predicted molar refractivity (Wildman–Crippen MR) is 101 cm³/mol. The van der Waals surface area contributed by atoms with Gasteiger partial charge in [-0.1, -0.05) is 29.8 Å². The second-order valence-electron chi connectivity index (χ2n) is 6.22. The first kappa shape index (κ1) is 17.3. The van der Waals surface area contributed by atoms with Gasteiger partial charge in [0, 0.05) is 17.0 Å². The molecule has 0 amide bonds. The molecule has 1 aromatic heterocycles. The van der Waals surface area contributed by atoms with Crippen molar-refractivity contribution >= 4 is 17.6 Å². The van der Waals surface area contributed by atoms with Crippen molar-refractivity contribution in [2.24, 2.45) is 0 Å². The summed E-state index contributed by atoms with van der Waals surface area (Å²) in [6, 6.07) is 13.9. The van der Waals surface area contributed by atoms with Crippen LogP contribution in [0.15, 0.2) is 53.3 Å². The monoisotopic (exact) mass is 382 g/mol. The molecule has 2 aromatic carbocycles. The van der Waals surface area contributed by atoms with Gasteiger partial charge >= 0.3 is 5.97 Å². The molecule has 7 heteroatoms. The SMILES string of the molecule is O=C(O)c1cc(-c2ccc3c(c2)CCO3)nn(Cc2ccccc2Cl)c1=O. The zero-order chi connectivity index (χ0) is 19.0. The first-order valence-electron chi connectivity index (χ1n) is 8.38. The lowest BCUT2D eigenvalue weighted by molar-refractivity contribution is 0.0693. The number of aromatic nitrogens is 2. The number of ether oxygens (including phenoxy) is 1. The molecule has 0 spiro atoms. The van der Waals surface area contributed by atoms with Gasteiger partial charge in [0.25, 0.3) is 5.56 Å². The number of halogens is 1. The zero-order valence-corrected chi connectivity index (χ0v) is 14.9. The molecule has 27 heavy (non-hydrogen) atoms. The Bertz CT molecular complexity index is 1110. The summed E-state index contributed by atoms with van der Waals surface area (Å²) in [6.45, 7) is 0.708. The van der Waals surface area contributed by atoms with Crippen molar-refractivity contribution in [1.82, 2.24) is 9.78 Å². The van der Waals surface area contributed by atoms with Crippen LogP contribution in [0, 0.1) is 0 Å². The molecule has 4 rings (SSSR count). The van der Waals surface area contributed by atoms with Gasteiger partial charge in [0.2, 0.25) is 0 Å². The van der Waals surface area contributed by atoms with E-state index in [-0.39, 0.29) is 12.1 Å². The number of aromatic carboxylic acids is 1. The standard InChI is InChI=1S/C20H15ClN2O4/c21-16-4-2-1-3-14(16)11-23-19(24)15(20(25)26)10-17(22-23)12-5-6-18-13(9-12)7-8-27-18/h1-6,9-10H,7-8,11H2,(H,25,26). The molecule has 2 heterocycles. The molecule has 0 unspecified atom stereocenters. The van der Waals surface area contributed by atoms with Gasteiger partial charge in [0.05, 0.1) is 18.8 Å². The summed E-state index contributed by atoms with van der Waals surface area (Å²) in [5.41, 5.74) is 1.86. The van der Waals surface area contributed by atoms with Crippen molar-refractivity contribution in [2.75, 3.05) is 6.61 Å². The van der Waals surface area contributed by atoms with E-state index in [1.165, 1.54) is 6.07 Å². The van der Waals surface area contributed by atoms with Gasteiger partial charge in [0.15, 0.2) is 0 Å². The number of carbonyl (C=O) groups is 1. The van der Waals surface area contributed by atoms with Crippen molar-refractivity contribution in [3.05, 3.63) is 80.6 Å². The molecule has 0 radical (unpaired) electrons. The van der Waals surface area contributed by atoms with E-state index < -0.39 is 11.5 Å². The van der Waals surface area contributed by atoms with Gasteiger partial charge in [-0.2, -0.15) is 5.10 Å². The zero-order valence-electron chi connectivity index (χ0n) is 14.2. The van der Waals surface area contributed by atoms with E-state index in [2.05, 4.69) is 5.10 Å². The summed E-state index contributed by atoms with van der Waals surface area (Å²) < 4.78 is 6.64. The quantitative estimate of drug-likeness (QED) is 0.749. The Balaban J connectivity index is 1.83. The fraction of sp³-hybridized carbons (Fsp3) is 0.150. The van der Waals surface area contributed by atoms with Crippen molar-refractivity contribution in [3.63, 3.8) is 0 Å². The highest BCUT2D eigenvalue weighted by Gasteiger charge is 2.18. The molecular formula is C20H15ClN2O4. The Hall–Kier alpha value is -3.12. The number of nitrogens with zero attached hydrogens (tertiary/aromatic N) is 2. The van der Waals surface area contributed by atoms with Crippen LogP contribution < -0.4 is 10.3 Å². The van der Waals surface area contributed by atoms with Crippen LogP contribution in [-0.2, 0) is 13.0 Å². The molecule has 0 saturated heterocycles. The molecule has 0 atom stereocenters. The molecular weight excluding hydrogens is 368 g/mol. The highest BCUT2D eigenvalue weighted by molar-refractivity contribution is 6.31. The van der Waals surface area contributed by atoms with E-state index in [4.69, 9.17) is 16.3 Å². The summed E-state index contributed by atoms with van der Waals surface area (Å²) in [6.07, 6.45) is 0.786. The minimum Gasteiger partial charge on any atom is -0.493 e. The largest absolute Gasteiger partial charge is 0.493 e. The summed E-state index contributed by atoms with van der Waals surface area (Å²) in [5.74, 6) is -0.470. The molecule has 0 saturated carbocycles. The predicted octanol–water partition coefficient (Wildman–Crippen LogP) is 3.25. The Morgan fingerprint density at radius 2 is 2.04 bits per heavy atom. The van der Waals surface area contributed by atoms with E-state index in [9.17, 15) is 14.7 Å². The molecule has 0 aliphatic carbocycles. The Kier molecular flexibility index (Phi) is 4.41. The van der Waals surface area contributed by atoms with E-state index >= 15 is 0 Å². The number of hydrogen-bond acceptors (Lipinski definition) is 4. The van der Waals surface area contributed by atoms with Gasteiger partial charge in [-0.3, -0.25) is 4.79 Å². The number of rotatable bonds is 4. The summed E-state index contributed by atoms with van der Waals surface area (Å²) in [4.78, 5) is 24.1. The first-order valence-corrected chi connectivity index (χ1v) is 8.75. The van der Waals surface area contributed by atoms with E-state index in [1.54, 1.807) is 24.3 Å². The van der Waals surface area contributed by atoms with Gasteiger partial charge in [-0.05, 0) is 41.5 Å². The number of benzene rings is 2. The third-order valence-corrected chi connectivity index (χ3v) is 4.84. The Morgan fingerprint density at radius 1 is 1.22 bits per heavy atom. The molecule has 1 aliphatic rings. The van der Waals surface area contributed by atoms with Crippen LogP contribution in [0.4, 0.5) is 0 Å². The molecule has 0 bridgehead atoms. The molecule has 136 valence electrons. The minimum atomic E-state index is -1.29. The lowest BCUT2D eigenvalue weighted by Crippen LogP contribution is -2.29. The topological polar surface area (TPSA) is 81.4 Å². The van der Waals surface area contributed by atoms with Crippen molar-refractivity contribution in [2.45, 2.75) is 13.0 Å². The molecule has 1 aliphatic heterocycles. The van der Waals surface area contributed by atoms with Crippen LogP contribution in [0.2, 0.25) is 5.02 Å². The molecule has 1 N–H and O–H groups in total. The van der Waals surface area contributed by atoms with Crippen LogP contribution >= 0.6 is 11.6 Å². The maximum absolute atomic E-state index is 12.6. The van der Waals surface area contributed by atoms with Gasteiger partial charge in [-0.25, -0.2) is 9.48 Å². The number of hydrogen-bond donors (Lipinski definition) is 1. The van der Waals surface area contributed by atoms with Gasteiger partial charge in [0.1, 0.15) is 11.3 Å². The molecule has 3 aromatic rings. The number of fused-ring (bicyclic) bond motifs is 1. The average molecular weight is 383 g/mol. The summed E-state index contributed by atoms with van der Waals surface area (Å²) >= 11 is 6.18. The normalized spacial score (nSPS) is 12.5. The second kappa shape index (κ2) is 6.89. The van der Waals surface area contributed by atoms with Crippen LogP contribution in [0.25, 0.3) is 11.3 Å². The average Bonchev–Trinajstić information content (AvgIpc) is 3.12. The second-order valence-corrected chi connectivity index (χ2v) is 6.63. The highest BCUT2D eigenvalue weighted by atomic mass is 35.5. The third kappa shape index (κ3) is 3.31. The van der Waals surface area contributed by atoms with Crippen LogP contribution in [0.1, 0.15) is 21.5 Å². The van der Waals surface area contributed by atoms with Crippen molar-refractivity contribution < 1.29 is 14.6 Å². The smallest absolute Gasteiger partial charge is 0.341 e. The van der Waals surface area contributed by atoms with Crippen LogP contribution in [0.5, 0.6) is 5.75 Å². The lowest BCUT2D eigenvalue weighted by Gasteiger charge is -2.11. The van der Waals surface area contributed by atoms with Crippen LogP contribution in [-0.4, -0.2) is 27.5 Å². The molecule has 6 nitrogen and oxygen atoms in total. The van der Waals surface area contributed by atoms with Crippen molar-refractivity contribution in [3.8, 4) is 17.0 Å². The lowest BCUT2D eigenvalue weighted by atomic mass is 10.1. The van der Waals surface area contributed by atoms with E-state index in [0.717, 1.165) is 28.0 Å². The number of carboxylic acid groups (broad SMARTS) is 1. The maximum atomic E-state index is 12.6. The molecule has 0 fully saturated rings.